The summed E-state index contributed by atoms with van der Waals surface area (Å²) in [7, 11) is 0. The van der Waals surface area contributed by atoms with E-state index in [0.29, 0.717) is 5.92 Å². The number of hydrogen-bond donors (Lipinski definition) is 1. The number of fused-ring (bicyclic) bond motifs is 1. The molecule has 116 valence electrons. The lowest BCUT2D eigenvalue weighted by molar-refractivity contribution is -0.0956. The highest BCUT2D eigenvalue weighted by molar-refractivity contribution is 4.95. The van der Waals surface area contributed by atoms with Gasteiger partial charge in [-0.25, -0.2) is 0 Å². The highest BCUT2D eigenvalue weighted by atomic mass is 16.5. The van der Waals surface area contributed by atoms with Gasteiger partial charge in [-0.2, -0.15) is 0 Å². The summed E-state index contributed by atoms with van der Waals surface area (Å²) in [6.07, 6.45) is 7.06. The number of ether oxygens (including phenoxy) is 1. The normalized spacial score (nSPS) is 36.8. The number of rotatable bonds is 4. The second-order valence-electron chi connectivity index (χ2n) is 6.90. The third kappa shape index (κ3) is 3.53. The van der Waals surface area contributed by atoms with Gasteiger partial charge in [0.2, 0.25) is 0 Å². The van der Waals surface area contributed by atoms with E-state index in [1.54, 1.807) is 0 Å². The van der Waals surface area contributed by atoms with E-state index in [4.69, 9.17) is 4.74 Å². The molecule has 2 unspecified atom stereocenters. The average molecular weight is 282 g/mol. The summed E-state index contributed by atoms with van der Waals surface area (Å²) in [6, 6.07) is 0. The van der Waals surface area contributed by atoms with Crippen molar-refractivity contribution < 1.29 is 9.84 Å². The monoisotopic (exact) mass is 282 g/mol. The first-order valence-corrected chi connectivity index (χ1v) is 8.51. The standard InChI is InChI=1S/C16H30N2O2/c19-16-5-2-1-4-15(16)14-18(9-6-16)8-3-7-17-10-12-20-13-11-17/h15,19H,1-14H2. The molecule has 4 heteroatoms. The minimum Gasteiger partial charge on any atom is -0.390 e. The van der Waals surface area contributed by atoms with Crippen molar-refractivity contribution in [2.24, 2.45) is 5.92 Å². The zero-order valence-corrected chi connectivity index (χ0v) is 12.7. The number of likely N-dealkylation sites (tertiary alicyclic amines) is 1. The number of morpholine rings is 1. The molecule has 3 fully saturated rings. The third-order valence-electron chi connectivity index (χ3n) is 5.56. The van der Waals surface area contributed by atoms with Crippen LogP contribution in [0.25, 0.3) is 0 Å². The average Bonchev–Trinajstić information content (AvgIpc) is 2.48. The van der Waals surface area contributed by atoms with Crippen LogP contribution in [-0.4, -0.2) is 73.0 Å². The Morgan fingerprint density at radius 1 is 1.00 bits per heavy atom. The number of aliphatic hydroxyl groups is 1. The molecule has 2 saturated heterocycles. The van der Waals surface area contributed by atoms with E-state index in [0.717, 1.165) is 52.2 Å². The van der Waals surface area contributed by atoms with Crippen molar-refractivity contribution >= 4 is 0 Å². The van der Waals surface area contributed by atoms with E-state index in [-0.39, 0.29) is 5.60 Å². The maximum Gasteiger partial charge on any atom is 0.0700 e. The van der Waals surface area contributed by atoms with Crippen molar-refractivity contribution in [1.82, 2.24) is 9.80 Å². The predicted octanol–water partition coefficient (Wildman–Crippen LogP) is 1.34. The van der Waals surface area contributed by atoms with Crippen molar-refractivity contribution in [3.63, 3.8) is 0 Å². The van der Waals surface area contributed by atoms with E-state index in [9.17, 15) is 5.11 Å². The molecule has 0 spiro atoms. The summed E-state index contributed by atoms with van der Waals surface area (Å²) in [5, 5.41) is 10.7. The number of hydrogen-bond acceptors (Lipinski definition) is 4. The van der Waals surface area contributed by atoms with Crippen LogP contribution < -0.4 is 0 Å². The Kier molecular flexibility index (Phi) is 4.97. The van der Waals surface area contributed by atoms with E-state index in [1.165, 1.54) is 38.8 Å². The third-order valence-corrected chi connectivity index (χ3v) is 5.56. The van der Waals surface area contributed by atoms with E-state index >= 15 is 0 Å². The van der Waals surface area contributed by atoms with Crippen molar-refractivity contribution in [1.29, 1.82) is 0 Å². The van der Waals surface area contributed by atoms with E-state index < -0.39 is 0 Å². The summed E-state index contributed by atoms with van der Waals surface area (Å²) >= 11 is 0. The first-order valence-electron chi connectivity index (χ1n) is 8.51. The smallest absolute Gasteiger partial charge is 0.0700 e. The van der Waals surface area contributed by atoms with Gasteiger partial charge in [-0.05, 0) is 38.8 Å². The maximum atomic E-state index is 10.7. The van der Waals surface area contributed by atoms with Crippen LogP contribution in [-0.2, 0) is 4.74 Å². The Labute approximate surface area is 123 Å². The molecule has 0 aromatic rings. The fourth-order valence-electron chi connectivity index (χ4n) is 4.19. The Morgan fingerprint density at radius 2 is 1.80 bits per heavy atom. The number of piperidine rings is 1. The van der Waals surface area contributed by atoms with Crippen LogP contribution in [0.4, 0.5) is 0 Å². The summed E-state index contributed by atoms with van der Waals surface area (Å²) in [5.74, 6) is 0.536. The topological polar surface area (TPSA) is 35.9 Å². The molecule has 3 aliphatic rings. The Balaban J connectivity index is 1.38. The van der Waals surface area contributed by atoms with Crippen LogP contribution in [0.3, 0.4) is 0 Å². The first-order chi connectivity index (χ1) is 9.76. The fourth-order valence-corrected chi connectivity index (χ4v) is 4.19. The SMILES string of the molecule is OC12CCCCC1CN(CCCN1CCOCC1)CC2. The van der Waals surface area contributed by atoms with Crippen LogP contribution in [0.5, 0.6) is 0 Å². The fraction of sp³-hybridized carbons (Fsp3) is 1.00. The van der Waals surface area contributed by atoms with Crippen molar-refractivity contribution in [2.45, 2.75) is 44.1 Å². The quantitative estimate of drug-likeness (QED) is 0.844. The highest BCUT2D eigenvalue weighted by Crippen LogP contribution is 2.39. The van der Waals surface area contributed by atoms with Crippen LogP contribution in [0.1, 0.15) is 38.5 Å². The van der Waals surface area contributed by atoms with Crippen LogP contribution in [0.2, 0.25) is 0 Å². The zero-order chi connectivity index (χ0) is 13.8. The van der Waals surface area contributed by atoms with Gasteiger partial charge in [0.1, 0.15) is 0 Å². The Hall–Kier alpha value is -0.160. The molecule has 4 nitrogen and oxygen atoms in total. The van der Waals surface area contributed by atoms with Crippen molar-refractivity contribution in [2.75, 3.05) is 52.5 Å². The molecule has 1 aliphatic carbocycles. The van der Waals surface area contributed by atoms with Crippen LogP contribution in [0, 0.1) is 5.92 Å². The van der Waals surface area contributed by atoms with Gasteiger partial charge in [0.05, 0.1) is 18.8 Å². The lowest BCUT2D eigenvalue weighted by Gasteiger charge is -2.47. The molecule has 3 rings (SSSR count). The molecular formula is C16H30N2O2. The summed E-state index contributed by atoms with van der Waals surface area (Å²) < 4.78 is 5.39. The van der Waals surface area contributed by atoms with E-state index in [1.807, 2.05) is 0 Å². The van der Waals surface area contributed by atoms with Crippen LogP contribution in [0.15, 0.2) is 0 Å². The van der Waals surface area contributed by atoms with E-state index in [2.05, 4.69) is 9.80 Å². The molecule has 0 aromatic heterocycles. The zero-order valence-electron chi connectivity index (χ0n) is 12.7. The summed E-state index contributed by atoms with van der Waals surface area (Å²) in [4.78, 5) is 5.11. The lowest BCUT2D eigenvalue weighted by atomic mass is 9.71. The van der Waals surface area contributed by atoms with Gasteiger partial charge >= 0.3 is 0 Å². The molecule has 0 amide bonds. The second kappa shape index (κ2) is 6.73. The largest absolute Gasteiger partial charge is 0.390 e. The Morgan fingerprint density at radius 3 is 2.65 bits per heavy atom. The molecule has 1 N–H and O–H groups in total. The lowest BCUT2D eigenvalue weighted by Crippen LogP contribution is -2.53. The van der Waals surface area contributed by atoms with Gasteiger partial charge in [0.15, 0.2) is 0 Å². The molecular weight excluding hydrogens is 252 g/mol. The minimum atomic E-state index is -0.320. The predicted molar refractivity (Wildman–Crippen MR) is 79.8 cm³/mol. The van der Waals surface area contributed by atoms with Crippen molar-refractivity contribution in [3.8, 4) is 0 Å². The molecule has 2 atom stereocenters. The molecule has 2 aliphatic heterocycles. The van der Waals surface area contributed by atoms with Crippen molar-refractivity contribution in [3.05, 3.63) is 0 Å². The number of nitrogens with zero attached hydrogens (tertiary/aromatic N) is 2. The maximum absolute atomic E-state index is 10.7. The molecule has 1 saturated carbocycles. The van der Waals surface area contributed by atoms with Gasteiger partial charge in [-0.15, -0.1) is 0 Å². The molecule has 2 heterocycles. The van der Waals surface area contributed by atoms with Gasteiger partial charge in [-0.1, -0.05) is 12.8 Å². The van der Waals surface area contributed by atoms with Gasteiger partial charge in [0, 0.05) is 32.1 Å². The van der Waals surface area contributed by atoms with Gasteiger partial charge in [-0.3, -0.25) is 4.90 Å². The van der Waals surface area contributed by atoms with Crippen LogP contribution >= 0.6 is 0 Å². The summed E-state index contributed by atoms with van der Waals surface area (Å²) in [6.45, 7) is 8.62. The Bertz CT molecular complexity index is 307. The molecule has 0 aromatic carbocycles. The molecule has 0 radical (unpaired) electrons. The van der Waals surface area contributed by atoms with Gasteiger partial charge in [0.25, 0.3) is 0 Å². The first kappa shape index (κ1) is 14.8. The minimum absolute atomic E-state index is 0.320. The molecule has 0 bridgehead atoms. The summed E-state index contributed by atoms with van der Waals surface area (Å²) in [5.41, 5.74) is -0.320. The second-order valence-corrected chi connectivity index (χ2v) is 6.90. The van der Waals surface area contributed by atoms with Gasteiger partial charge < -0.3 is 14.7 Å². The molecule has 20 heavy (non-hydrogen) atoms. The highest BCUT2D eigenvalue weighted by Gasteiger charge is 2.42.